The van der Waals surface area contributed by atoms with Crippen molar-refractivity contribution in [1.82, 2.24) is 24.8 Å². The molecule has 2 amide bonds. The van der Waals surface area contributed by atoms with Crippen LogP contribution in [0.3, 0.4) is 0 Å². The minimum Gasteiger partial charge on any atom is -0.481 e. The van der Waals surface area contributed by atoms with Crippen molar-refractivity contribution in [2.45, 2.75) is 117 Å². The molecular weight excluding hydrogens is 817 g/mol. The Hall–Kier alpha value is -5.77. The van der Waals surface area contributed by atoms with E-state index in [4.69, 9.17) is 14.7 Å². The van der Waals surface area contributed by atoms with Crippen LogP contribution in [-0.2, 0) is 28.4 Å². The highest BCUT2D eigenvalue weighted by Gasteiger charge is 2.42. The molecule has 3 aromatic rings. The lowest BCUT2D eigenvalue weighted by Gasteiger charge is -2.28. The summed E-state index contributed by atoms with van der Waals surface area (Å²) in [7, 11) is 0. The number of nitrogens with zero attached hydrogens (tertiary/aromatic N) is 3. The van der Waals surface area contributed by atoms with E-state index in [1.54, 1.807) is 13.0 Å². The Balaban J connectivity index is 1.55. The summed E-state index contributed by atoms with van der Waals surface area (Å²) in [6.07, 6.45) is -8.55. The molecule has 0 saturated carbocycles. The maximum absolute atomic E-state index is 14.9. The fraction of sp³-hybridized carbons (Fsp3) is 0.413. The molecule has 1 aromatic carbocycles. The minimum atomic E-state index is -5.17. The number of aliphatic carboxylic acids is 1. The number of alkyl halides is 6. The summed E-state index contributed by atoms with van der Waals surface area (Å²) < 4.78 is 90.2. The van der Waals surface area contributed by atoms with Crippen molar-refractivity contribution >= 4 is 51.1 Å². The number of aromatic nitrogens is 4. The van der Waals surface area contributed by atoms with Gasteiger partial charge in [0.05, 0.1) is 63.2 Å². The fourth-order valence-corrected chi connectivity index (χ4v) is 8.89. The molecule has 0 aliphatic carbocycles. The number of H-pyrrole nitrogens is 2. The molecule has 8 bridgehead atoms. The zero-order valence-corrected chi connectivity index (χ0v) is 35.3. The number of imide groups is 1. The minimum absolute atomic E-state index is 0.0119. The Kier molecular flexibility index (Phi) is 11.8. The first-order chi connectivity index (χ1) is 29.1. The Bertz CT molecular complexity index is 2620. The number of hydrogen-bond acceptors (Lipinski definition) is 6. The third-order valence-corrected chi connectivity index (χ3v) is 12.3. The second kappa shape index (κ2) is 16.5. The monoisotopic (exact) mass is 863 g/mol. The number of carbonyl (C=O) groups excluding carboxylic acids is 2. The molecule has 4 aliphatic heterocycles. The molecular formula is C46H47F6N5O5. The number of allylic oxidation sites excluding steroid dienone is 3. The van der Waals surface area contributed by atoms with Crippen LogP contribution in [0.15, 0.2) is 36.4 Å². The number of nitrogens with one attached hydrogen (secondary N) is 2. The van der Waals surface area contributed by atoms with Crippen molar-refractivity contribution in [1.29, 1.82) is 0 Å². The largest absolute Gasteiger partial charge is 0.481 e. The number of benzene rings is 1. The van der Waals surface area contributed by atoms with Gasteiger partial charge >= 0.3 is 18.3 Å². The molecule has 328 valence electrons. The average Bonchev–Trinajstić information content (AvgIpc) is 3.88. The Morgan fingerprint density at radius 2 is 1.48 bits per heavy atom. The van der Waals surface area contributed by atoms with Crippen molar-refractivity contribution in [2.75, 3.05) is 6.61 Å². The molecule has 7 rings (SSSR count). The first kappa shape index (κ1) is 44.3. The molecule has 10 nitrogen and oxygen atoms in total. The third kappa shape index (κ3) is 8.04. The zero-order chi connectivity index (χ0) is 45.2. The molecule has 2 aromatic heterocycles. The number of aromatic amines is 2. The smallest absolute Gasteiger partial charge is 0.416 e. The molecule has 16 heteroatoms. The van der Waals surface area contributed by atoms with Gasteiger partial charge in [-0.3, -0.25) is 19.3 Å². The highest BCUT2D eigenvalue weighted by Crippen LogP contribution is 2.46. The summed E-state index contributed by atoms with van der Waals surface area (Å²) in [4.78, 5) is 58.9. The molecule has 1 unspecified atom stereocenters. The van der Waals surface area contributed by atoms with Crippen LogP contribution < -0.4 is 0 Å². The number of halogens is 6. The molecule has 0 saturated heterocycles. The predicted octanol–water partition coefficient (Wildman–Crippen LogP) is 11.4. The summed E-state index contributed by atoms with van der Waals surface area (Å²) >= 11 is 0. The standard InChI is InChI=1S/C46H47F6N5O5/c1-8-10-13-62-25(7)38-23(5)33-17-32-22(4)30(11-12-37(58)59)41(55-32)40-42-39(24(6)34(56-42)18-35-29(9-2)21(3)31(53-35)19-36(38)54-33)43(60)57(44(40)61)20-26-14-27(45(47,48)49)16-28(15-26)46(50,51)52/h14-19,22,25,30,55-56H,8-13,20H2,1-7H3,(H,58,59)/t22-,25?,30-/m0/s1. The average molecular weight is 864 g/mol. The van der Waals surface area contributed by atoms with Crippen molar-refractivity contribution < 1.29 is 50.6 Å². The van der Waals surface area contributed by atoms with Gasteiger partial charge in [0.15, 0.2) is 0 Å². The normalized spacial score (nSPS) is 17.9. The van der Waals surface area contributed by atoms with E-state index in [2.05, 4.69) is 16.9 Å². The fourth-order valence-electron chi connectivity index (χ4n) is 8.89. The number of carboxylic acids is 1. The van der Waals surface area contributed by atoms with Gasteiger partial charge in [-0.1, -0.05) is 27.2 Å². The van der Waals surface area contributed by atoms with E-state index in [9.17, 15) is 45.8 Å². The second-order valence-electron chi connectivity index (χ2n) is 16.3. The number of fused-ring (bicyclic) bond motifs is 8. The highest BCUT2D eigenvalue weighted by molar-refractivity contribution is 6.23. The van der Waals surface area contributed by atoms with Gasteiger partial charge in [0.2, 0.25) is 0 Å². The molecule has 62 heavy (non-hydrogen) atoms. The summed E-state index contributed by atoms with van der Waals surface area (Å²) in [5.74, 6) is -4.13. The van der Waals surface area contributed by atoms with Gasteiger partial charge in [0.25, 0.3) is 11.8 Å². The van der Waals surface area contributed by atoms with Crippen molar-refractivity contribution in [3.63, 3.8) is 0 Å². The lowest BCUT2D eigenvalue weighted by molar-refractivity contribution is -0.143. The van der Waals surface area contributed by atoms with Gasteiger partial charge in [0.1, 0.15) is 0 Å². The second-order valence-corrected chi connectivity index (χ2v) is 16.3. The van der Waals surface area contributed by atoms with Crippen LogP contribution in [0, 0.1) is 6.92 Å². The summed E-state index contributed by atoms with van der Waals surface area (Å²) in [5.41, 5.74) is 3.79. The van der Waals surface area contributed by atoms with E-state index in [-0.39, 0.29) is 47.3 Å². The maximum atomic E-state index is 14.9. The number of carbonyl (C=O) groups is 3. The summed E-state index contributed by atoms with van der Waals surface area (Å²) in [6.45, 7) is 13.0. The van der Waals surface area contributed by atoms with Gasteiger partial charge in [-0.15, -0.1) is 0 Å². The summed E-state index contributed by atoms with van der Waals surface area (Å²) in [5, 5.41) is 9.83. The molecule has 4 aliphatic rings. The Labute approximate surface area is 353 Å². The van der Waals surface area contributed by atoms with Crippen molar-refractivity contribution in [3.8, 4) is 0 Å². The number of aryl methyl sites for hydroxylation is 1. The lowest BCUT2D eigenvalue weighted by atomic mass is 9.84. The Morgan fingerprint density at radius 1 is 0.855 bits per heavy atom. The van der Waals surface area contributed by atoms with Gasteiger partial charge in [-0.05, 0) is 111 Å². The molecule has 3 atom stereocenters. The number of rotatable bonds is 11. The van der Waals surface area contributed by atoms with Crippen LogP contribution in [0.1, 0.15) is 163 Å². The number of amides is 2. The quantitative estimate of drug-likeness (QED) is 0.0990. The van der Waals surface area contributed by atoms with Crippen LogP contribution in [0.25, 0.3) is 33.3 Å². The van der Waals surface area contributed by atoms with E-state index < -0.39 is 65.2 Å². The van der Waals surface area contributed by atoms with E-state index in [0.717, 1.165) is 35.1 Å². The molecule has 0 radical (unpaired) electrons. The first-order valence-electron chi connectivity index (χ1n) is 20.6. The van der Waals surface area contributed by atoms with Gasteiger partial charge in [-0.25, -0.2) is 9.97 Å². The van der Waals surface area contributed by atoms with Crippen LogP contribution in [0.4, 0.5) is 26.3 Å². The van der Waals surface area contributed by atoms with E-state index in [1.165, 1.54) is 0 Å². The summed E-state index contributed by atoms with van der Waals surface area (Å²) in [6, 6.07) is 6.48. The molecule has 3 N–H and O–H groups in total. The van der Waals surface area contributed by atoms with Crippen LogP contribution in [-0.4, -0.2) is 60.4 Å². The zero-order valence-electron chi connectivity index (χ0n) is 35.3. The van der Waals surface area contributed by atoms with Crippen molar-refractivity contribution in [3.05, 3.63) is 104 Å². The number of unbranched alkanes of at least 4 members (excludes halogenated alkanes) is 1. The van der Waals surface area contributed by atoms with Crippen molar-refractivity contribution in [2.24, 2.45) is 0 Å². The number of carboxylic acid groups (broad SMARTS) is 1. The molecule has 6 heterocycles. The van der Waals surface area contributed by atoms with Crippen LogP contribution in [0.2, 0.25) is 0 Å². The third-order valence-electron chi connectivity index (χ3n) is 12.3. The lowest BCUT2D eigenvalue weighted by Crippen LogP contribution is -2.40. The van der Waals surface area contributed by atoms with Crippen LogP contribution >= 0.6 is 0 Å². The molecule has 0 spiro atoms. The predicted molar refractivity (Wildman–Crippen MR) is 221 cm³/mol. The maximum Gasteiger partial charge on any atom is 0.416 e. The van der Waals surface area contributed by atoms with Gasteiger partial charge < -0.3 is 19.8 Å². The number of ether oxygens (including phenoxy) is 1. The Morgan fingerprint density at radius 3 is 2.10 bits per heavy atom. The number of hydrogen-bond donors (Lipinski definition) is 3. The first-order valence-corrected chi connectivity index (χ1v) is 20.6. The van der Waals surface area contributed by atoms with Gasteiger partial charge in [0, 0.05) is 47.3 Å². The van der Waals surface area contributed by atoms with Gasteiger partial charge in [-0.2, -0.15) is 26.3 Å². The van der Waals surface area contributed by atoms with E-state index >= 15 is 0 Å². The highest BCUT2D eigenvalue weighted by atomic mass is 19.4. The SMILES string of the molecule is CCCCOC(C)C1=C(C)c2cc3[nH]c(c4c5[nH]c(cc6nc(cc1n2)C(C)=C6CC)c(C)c5C(=O)N(Cc1cc(C(F)(F)F)cc(C(F)(F)F)c1)C4=O)[C@@H](CCC(=O)O)[C@@H]3C. The van der Waals surface area contributed by atoms with E-state index in [1.807, 2.05) is 46.8 Å². The topological polar surface area (TPSA) is 141 Å². The van der Waals surface area contributed by atoms with E-state index in [0.29, 0.717) is 69.6 Å². The molecule has 0 fully saturated rings. The van der Waals surface area contributed by atoms with Crippen LogP contribution in [0.5, 0.6) is 0 Å².